The highest BCUT2D eigenvalue weighted by atomic mass is 35.5. The summed E-state index contributed by atoms with van der Waals surface area (Å²) in [6.45, 7) is 9.79. The molecule has 24 heavy (non-hydrogen) atoms. The summed E-state index contributed by atoms with van der Waals surface area (Å²) in [5, 5.41) is 6.64. The van der Waals surface area contributed by atoms with Gasteiger partial charge in [-0.25, -0.2) is 9.97 Å². The number of anilines is 2. The molecule has 0 saturated carbocycles. The molecule has 0 radical (unpaired) electrons. The van der Waals surface area contributed by atoms with Crippen LogP contribution in [0.4, 0.5) is 11.5 Å². The molecule has 128 valence electrons. The Kier molecular flexibility index (Phi) is 5.78. The summed E-state index contributed by atoms with van der Waals surface area (Å²) in [6.07, 6.45) is 0.961. The van der Waals surface area contributed by atoms with E-state index in [-0.39, 0.29) is 11.9 Å². The molecule has 0 bridgehead atoms. The lowest BCUT2D eigenvalue weighted by Crippen LogP contribution is -2.19. The zero-order valence-corrected chi connectivity index (χ0v) is 15.5. The van der Waals surface area contributed by atoms with Gasteiger partial charge in [0.25, 0.3) is 5.91 Å². The lowest BCUT2D eigenvalue weighted by Gasteiger charge is -2.14. The molecule has 5 nitrogen and oxygen atoms in total. The number of carbonyl (C=O) groups is 1. The normalized spacial score (nSPS) is 11.9. The summed E-state index contributed by atoms with van der Waals surface area (Å²) < 4.78 is 0. The van der Waals surface area contributed by atoms with Crippen LogP contribution >= 0.6 is 11.6 Å². The number of aromatic nitrogens is 2. The van der Waals surface area contributed by atoms with Crippen LogP contribution in [0.2, 0.25) is 5.02 Å². The van der Waals surface area contributed by atoms with Crippen molar-refractivity contribution in [3.8, 4) is 0 Å². The predicted molar refractivity (Wildman–Crippen MR) is 99.0 cm³/mol. The van der Waals surface area contributed by atoms with E-state index in [4.69, 9.17) is 11.6 Å². The fourth-order valence-electron chi connectivity index (χ4n) is 2.36. The van der Waals surface area contributed by atoms with Gasteiger partial charge in [-0.15, -0.1) is 0 Å². The Hall–Kier alpha value is -2.14. The molecule has 0 fully saturated rings. The van der Waals surface area contributed by atoms with Gasteiger partial charge in [0, 0.05) is 12.1 Å². The van der Waals surface area contributed by atoms with Crippen LogP contribution in [-0.2, 0) is 0 Å². The zero-order chi connectivity index (χ0) is 17.9. The minimum atomic E-state index is -0.304. The summed E-state index contributed by atoms with van der Waals surface area (Å²) in [5.41, 5.74) is 2.88. The van der Waals surface area contributed by atoms with Crippen molar-refractivity contribution in [2.45, 2.75) is 47.1 Å². The van der Waals surface area contributed by atoms with E-state index in [1.54, 1.807) is 13.0 Å². The molecule has 0 aliphatic carbocycles. The lowest BCUT2D eigenvalue weighted by molar-refractivity contribution is 0.102. The van der Waals surface area contributed by atoms with Crippen molar-refractivity contribution in [1.82, 2.24) is 9.97 Å². The van der Waals surface area contributed by atoms with E-state index in [1.165, 1.54) is 0 Å². The molecule has 1 heterocycles. The van der Waals surface area contributed by atoms with Crippen molar-refractivity contribution in [2.75, 3.05) is 10.6 Å². The Morgan fingerprint density at radius 2 is 1.92 bits per heavy atom. The van der Waals surface area contributed by atoms with Crippen LogP contribution in [0.3, 0.4) is 0 Å². The summed E-state index contributed by atoms with van der Waals surface area (Å²) in [6, 6.07) is 5.73. The smallest absolute Gasteiger partial charge is 0.274 e. The number of amides is 1. The Morgan fingerprint density at radius 3 is 2.54 bits per heavy atom. The third-order valence-electron chi connectivity index (χ3n) is 3.75. The van der Waals surface area contributed by atoms with E-state index >= 15 is 0 Å². The molecule has 1 unspecified atom stereocenters. The highest BCUT2D eigenvalue weighted by Gasteiger charge is 2.15. The molecule has 2 N–H and O–H groups in total. The Labute approximate surface area is 147 Å². The van der Waals surface area contributed by atoms with Gasteiger partial charge in [-0.2, -0.15) is 0 Å². The number of hydrogen-bond donors (Lipinski definition) is 2. The van der Waals surface area contributed by atoms with Crippen molar-refractivity contribution in [1.29, 1.82) is 0 Å². The lowest BCUT2D eigenvalue weighted by atomic mass is 10.1. The first kappa shape index (κ1) is 18.2. The Bertz CT molecular complexity index is 738. The largest absolute Gasteiger partial charge is 0.368 e. The third kappa shape index (κ3) is 4.45. The second-order valence-corrected chi connectivity index (χ2v) is 6.44. The maximum Gasteiger partial charge on any atom is 0.274 e. The first-order chi connectivity index (χ1) is 11.3. The maximum absolute atomic E-state index is 12.6. The molecule has 0 aliphatic rings. The molecule has 1 amide bonds. The van der Waals surface area contributed by atoms with Crippen LogP contribution < -0.4 is 10.6 Å². The topological polar surface area (TPSA) is 66.9 Å². The monoisotopic (exact) mass is 346 g/mol. The van der Waals surface area contributed by atoms with Gasteiger partial charge >= 0.3 is 0 Å². The number of nitrogens with zero attached hydrogens (tertiary/aromatic N) is 2. The van der Waals surface area contributed by atoms with E-state index in [2.05, 4.69) is 34.4 Å². The van der Waals surface area contributed by atoms with Crippen LogP contribution in [0.1, 0.15) is 47.7 Å². The first-order valence-corrected chi connectivity index (χ1v) is 8.38. The average Bonchev–Trinajstić information content (AvgIpc) is 2.49. The number of nitrogens with one attached hydrogen (secondary N) is 2. The van der Waals surface area contributed by atoms with Crippen molar-refractivity contribution in [3.63, 3.8) is 0 Å². The Balaban J connectivity index is 2.27. The second-order valence-electron chi connectivity index (χ2n) is 6.03. The van der Waals surface area contributed by atoms with E-state index < -0.39 is 0 Å². The SMILES string of the molecule is CCC(C)Nc1cc(C(=O)Nc2c(C)cc(C)cc2Cl)nc(C)n1. The summed E-state index contributed by atoms with van der Waals surface area (Å²) in [5.74, 6) is 0.885. The van der Waals surface area contributed by atoms with Gasteiger partial charge in [0.1, 0.15) is 17.3 Å². The van der Waals surface area contributed by atoms with E-state index in [0.717, 1.165) is 17.5 Å². The standard InChI is InChI=1S/C18H23ClN4O/c1-6-12(4)20-16-9-15(21-13(5)22-16)18(24)23-17-11(3)7-10(2)8-14(17)19/h7-9,12H,6H2,1-5H3,(H,23,24)(H,20,21,22). The third-order valence-corrected chi connectivity index (χ3v) is 4.05. The number of halogens is 1. The number of benzene rings is 1. The molecular formula is C18H23ClN4O. The molecule has 0 aliphatic heterocycles. The molecule has 0 spiro atoms. The van der Waals surface area contributed by atoms with Crippen molar-refractivity contribution in [2.24, 2.45) is 0 Å². The molecular weight excluding hydrogens is 324 g/mol. The minimum Gasteiger partial charge on any atom is -0.368 e. The first-order valence-electron chi connectivity index (χ1n) is 8.00. The highest BCUT2D eigenvalue weighted by Crippen LogP contribution is 2.27. The van der Waals surface area contributed by atoms with Crippen molar-refractivity contribution >= 4 is 29.0 Å². The predicted octanol–water partition coefficient (Wildman–Crippen LogP) is 4.52. The van der Waals surface area contributed by atoms with Crippen molar-refractivity contribution < 1.29 is 4.79 Å². The molecule has 2 rings (SSSR count). The number of carbonyl (C=O) groups excluding carboxylic acids is 1. The van der Waals surface area contributed by atoms with Crippen LogP contribution in [0.25, 0.3) is 0 Å². The van der Waals surface area contributed by atoms with Gasteiger partial charge in [0.05, 0.1) is 10.7 Å². The Morgan fingerprint density at radius 1 is 1.21 bits per heavy atom. The van der Waals surface area contributed by atoms with Gasteiger partial charge in [0.15, 0.2) is 0 Å². The van der Waals surface area contributed by atoms with Crippen LogP contribution in [0, 0.1) is 20.8 Å². The van der Waals surface area contributed by atoms with Gasteiger partial charge in [-0.1, -0.05) is 24.6 Å². The summed E-state index contributed by atoms with van der Waals surface area (Å²) in [4.78, 5) is 21.1. The van der Waals surface area contributed by atoms with Gasteiger partial charge in [-0.05, 0) is 51.3 Å². The quantitative estimate of drug-likeness (QED) is 0.835. The number of aryl methyl sites for hydroxylation is 3. The van der Waals surface area contributed by atoms with Gasteiger partial charge < -0.3 is 10.6 Å². The fraction of sp³-hybridized carbons (Fsp3) is 0.389. The van der Waals surface area contributed by atoms with Crippen LogP contribution in [0.5, 0.6) is 0 Å². The average molecular weight is 347 g/mol. The molecule has 1 atom stereocenters. The second kappa shape index (κ2) is 7.62. The minimum absolute atomic E-state index is 0.268. The van der Waals surface area contributed by atoms with Crippen LogP contribution in [0.15, 0.2) is 18.2 Å². The summed E-state index contributed by atoms with van der Waals surface area (Å²) >= 11 is 6.26. The van der Waals surface area contributed by atoms with Crippen molar-refractivity contribution in [3.05, 3.63) is 45.9 Å². The van der Waals surface area contributed by atoms with E-state index in [1.807, 2.05) is 26.0 Å². The molecule has 6 heteroatoms. The molecule has 1 aromatic heterocycles. The fourth-order valence-corrected chi connectivity index (χ4v) is 2.73. The zero-order valence-electron chi connectivity index (χ0n) is 14.7. The van der Waals surface area contributed by atoms with E-state index in [0.29, 0.717) is 28.0 Å². The molecule has 0 saturated heterocycles. The van der Waals surface area contributed by atoms with Gasteiger partial charge in [-0.3, -0.25) is 4.79 Å². The highest BCUT2D eigenvalue weighted by molar-refractivity contribution is 6.34. The number of rotatable bonds is 5. The van der Waals surface area contributed by atoms with Crippen LogP contribution in [-0.4, -0.2) is 21.9 Å². The molecule has 1 aromatic carbocycles. The summed E-state index contributed by atoms with van der Waals surface area (Å²) in [7, 11) is 0. The van der Waals surface area contributed by atoms with Gasteiger partial charge in [0.2, 0.25) is 0 Å². The maximum atomic E-state index is 12.6. The van der Waals surface area contributed by atoms with E-state index in [9.17, 15) is 4.79 Å². The number of hydrogen-bond acceptors (Lipinski definition) is 4. The molecule has 2 aromatic rings.